The van der Waals surface area contributed by atoms with Gasteiger partial charge in [0.05, 0.1) is 17.4 Å². The first-order valence-corrected chi connectivity index (χ1v) is 12.8. The number of carbonyl (C=O) groups is 2. The largest absolute Gasteiger partial charge is 0.619 e. The number of ether oxygens (including phenoxy) is 1. The first-order chi connectivity index (χ1) is 18.5. The summed E-state index contributed by atoms with van der Waals surface area (Å²) in [4.78, 5) is 33.8. The Hall–Kier alpha value is -4.65. The van der Waals surface area contributed by atoms with Crippen LogP contribution in [0.25, 0.3) is 5.57 Å². The fraction of sp³-hybridized carbons (Fsp3) is 0.321. The van der Waals surface area contributed by atoms with Crippen LogP contribution in [0.15, 0.2) is 55.0 Å². The lowest BCUT2D eigenvalue weighted by Crippen LogP contribution is -2.38. The van der Waals surface area contributed by atoms with Gasteiger partial charge in [0.15, 0.2) is 12.4 Å². The molecule has 0 unspecified atom stereocenters. The number of allylic oxidation sites excluding steroid dienone is 2. The number of imidazole rings is 1. The van der Waals surface area contributed by atoms with Crippen LogP contribution in [0.4, 0.5) is 10.5 Å². The van der Waals surface area contributed by atoms with Gasteiger partial charge in [0.25, 0.3) is 5.91 Å². The number of benzene rings is 1. The molecule has 3 aromatic rings. The van der Waals surface area contributed by atoms with Crippen LogP contribution < -0.4 is 14.8 Å². The normalized spacial score (nSPS) is 15.9. The maximum absolute atomic E-state index is 12.8. The number of hydrogen-bond donors (Lipinski definition) is 2. The summed E-state index contributed by atoms with van der Waals surface area (Å²) in [7, 11) is 0. The Morgan fingerprint density at radius 1 is 1.18 bits per heavy atom. The fourth-order valence-corrected chi connectivity index (χ4v) is 5.06. The summed E-state index contributed by atoms with van der Waals surface area (Å²) in [6.07, 6.45) is 11.4. The first kappa shape index (κ1) is 25.0. The monoisotopic (exact) mass is 512 g/mol. The van der Waals surface area contributed by atoms with Gasteiger partial charge in [-0.3, -0.25) is 15.1 Å². The molecule has 3 heterocycles. The van der Waals surface area contributed by atoms with Crippen molar-refractivity contribution in [3.63, 3.8) is 0 Å². The number of aromatic nitrogens is 3. The summed E-state index contributed by atoms with van der Waals surface area (Å²) in [6, 6.07) is 11.1. The zero-order valence-electron chi connectivity index (χ0n) is 20.9. The van der Waals surface area contributed by atoms with Crippen LogP contribution in [0, 0.1) is 16.5 Å². The molecule has 1 saturated heterocycles. The third-order valence-corrected chi connectivity index (χ3v) is 7.08. The number of piperidine rings is 1. The van der Waals surface area contributed by atoms with Crippen LogP contribution in [-0.4, -0.2) is 40.0 Å². The summed E-state index contributed by atoms with van der Waals surface area (Å²) in [5.74, 6) is 0.226. The second-order valence-corrected chi connectivity index (χ2v) is 9.52. The van der Waals surface area contributed by atoms with Gasteiger partial charge in [0.2, 0.25) is 0 Å². The molecule has 10 heteroatoms. The summed E-state index contributed by atoms with van der Waals surface area (Å²) in [5, 5.41) is 23.0. The minimum absolute atomic E-state index is 0.0434. The number of carbonyl (C=O) groups excluding carboxylic acids is 2. The molecule has 0 bridgehead atoms. The van der Waals surface area contributed by atoms with Crippen LogP contribution in [0.5, 0.6) is 6.01 Å². The van der Waals surface area contributed by atoms with Crippen molar-refractivity contribution >= 4 is 23.3 Å². The SMILES string of the molecule is N#Cc1cnc(OC(=O)Nc2ccc(C3CCN(C(=O)c4cc[n+]([O-])cc4)CC3)cc2C2=CCCCC2)[nH]1. The smallest absolute Gasteiger partial charge is 0.419 e. The van der Waals surface area contributed by atoms with Crippen LogP contribution in [-0.2, 0) is 0 Å². The highest BCUT2D eigenvalue weighted by molar-refractivity contribution is 5.94. The van der Waals surface area contributed by atoms with Crippen LogP contribution in [0.3, 0.4) is 0 Å². The van der Waals surface area contributed by atoms with Crippen molar-refractivity contribution in [2.24, 2.45) is 0 Å². The minimum Gasteiger partial charge on any atom is -0.619 e. The van der Waals surface area contributed by atoms with Crippen molar-refractivity contribution in [1.82, 2.24) is 14.9 Å². The highest BCUT2D eigenvalue weighted by Gasteiger charge is 2.26. The maximum atomic E-state index is 12.8. The van der Waals surface area contributed by atoms with E-state index in [0.29, 0.717) is 29.1 Å². The predicted molar refractivity (Wildman–Crippen MR) is 139 cm³/mol. The number of rotatable bonds is 5. The van der Waals surface area contributed by atoms with Gasteiger partial charge in [-0.1, -0.05) is 12.1 Å². The zero-order valence-corrected chi connectivity index (χ0v) is 20.9. The zero-order chi connectivity index (χ0) is 26.5. The molecule has 1 aliphatic carbocycles. The Morgan fingerprint density at radius 2 is 1.97 bits per heavy atom. The number of hydrogen-bond acceptors (Lipinski definition) is 6. The first-order valence-electron chi connectivity index (χ1n) is 12.8. The Labute approximate surface area is 220 Å². The lowest BCUT2D eigenvalue weighted by atomic mass is 9.85. The van der Waals surface area contributed by atoms with Gasteiger partial charge in [-0.2, -0.15) is 9.99 Å². The van der Waals surface area contributed by atoms with Crippen molar-refractivity contribution < 1.29 is 19.1 Å². The molecule has 194 valence electrons. The number of anilines is 1. The summed E-state index contributed by atoms with van der Waals surface area (Å²) in [5.41, 5.74) is 4.73. The van der Waals surface area contributed by atoms with Crippen molar-refractivity contribution in [3.8, 4) is 12.1 Å². The van der Waals surface area contributed by atoms with E-state index in [0.717, 1.165) is 44.1 Å². The number of H-pyrrole nitrogens is 1. The van der Waals surface area contributed by atoms with E-state index in [1.165, 1.54) is 29.7 Å². The molecule has 5 rings (SSSR count). The quantitative estimate of drug-likeness (QED) is 0.381. The third kappa shape index (κ3) is 5.67. The summed E-state index contributed by atoms with van der Waals surface area (Å²) < 4.78 is 5.89. The predicted octanol–water partition coefficient (Wildman–Crippen LogP) is 4.50. The standard InChI is InChI=1S/C28H28N6O4/c29-17-23-18-30-27(31-23)38-28(36)32-25-7-6-22(16-24(25)20-4-2-1-3-5-20)19-8-12-33(13-9-19)26(35)21-10-14-34(37)15-11-21/h4,6-7,10-11,14-16,18-19H,1-3,5,8-9,12-13H2,(H,30,31)(H,32,36). The van der Waals surface area contributed by atoms with Gasteiger partial charge in [0.1, 0.15) is 11.8 Å². The Balaban J connectivity index is 1.30. The molecule has 1 aromatic carbocycles. The van der Waals surface area contributed by atoms with Crippen LogP contribution >= 0.6 is 0 Å². The number of amides is 2. The minimum atomic E-state index is -0.690. The molecule has 1 aliphatic heterocycles. The lowest BCUT2D eigenvalue weighted by Gasteiger charge is -2.32. The summed E-state index contributed by atoms with van der Waals surface area (Å²) >= 11 is 0. The Kier molecular flexibility index (Phi) is 7.35. The number of nitriles is 1. The van der Waals surface area contributed by atoms with E-state index >= 15 is 0 Å². The average Bonchev–Trinajstić information content (AvgIpc) is 3.41. The maximum Gasteiger partial charge on any atom is 0.419 e. The Morgan fingerprint density at radius 3 is 2.66 bits per heavy atom. The van der Waals surface area contributed by atoms with E-state index in [-0.39, 0.29) is 23.5 Å². The van der Waals surface area contributed by atoms with E-state index in [9.17, 15) is 14.8 Å². The third-order valence-electron chi connectivity index (χ3n) is 7.08. The van der Waals surface area contributed by atoms with E-state index in [1.807, 2.05) is 23.1 Å². The molecule has 0 saturated carbocycles. The number of nitrogens with one attached hydrogen (secondary N) is 2. The van der Waals surface area contributed by atoms with Gasteiger partial charge in [0, 0.05) is 30.8 Å². The average molecular weight is 513 g/mol. The van der Waals surface area contributed by atoms with Gasteiger partial charge < -0.3 is 14.8 Å². The molecule has 0 radical (unpaired) electrons. The molecule has 0 atom stereocenters. The van der Waals surface area contributed by atoms with Crippen molar-refractivity contribution in [2.45, 2.75) is 44.4 Å². The van der Waals surface area contributed by atoms with Gasteiger partial charge in [-0.05, 0) is 67.7 Å². The van der Waals surface area contributed by atoms with Gasteiger partial charge in [-0.15, -0.1) is 0 Å². The number of nitrogens with zero attached hydrogens (tertiary/aromatic N) is 4. The van der Waals surface area contributed by atoms with E-state index in [2.05, 4.69) is 27.4 Å². The molecule has 2 amide bonds. The summed E-state index contributed by atoms with van der Waals surface area (Å²) in [6.45, 7) is 1.27. The van der Waals surface area contributed by atoms with Gasteiger partial charge >= 0.3 is 12.1 Å². The van der Waals surface area contributed by atoms with Gasteiger partial charge in [-0.25, -0.2) is 9.78 Å². The molecule has 2 aromatic heterocycles. The highest BCUT2D eigenvalue weighted by atomic mass is 16.6. The highest BCUT2D eigenvalue weighted by Crippen LogP contribution is 2.36. The van der Waals surface area contributed by atoms with Crippen molar-refractivity contribution in [1.29, 1.82) is 5.26 Å². The molecular weight excluding hydrogens is 484 g/mol. The molecule has 1 fully saturated rings. The Bertz CT molecular complexity index is 1400. The number of pyridine rings is 1. The molecule has 10 nitrogen and oxygen atoms in total. The molecule has 38 heavy (non-hydrogen) atoms. The second kappa shape index (κ2) is 11.2. The fourth-order valence-electron chi connectivity index (χ4n) is 5.06. The van der Waals surface area contributed by atoms with E-state index in [1.54, 1.807) is 12.1 Å². The molecule has 0 spiro atoms. The van der Waals surface area contributed by atoms with Crippen LogP contribution in [0.1, 0.15) is 71.6 Å². The topological polar surface area (TPSA) is 138 Å². The van der Waals surface area contributed by atoms with Crippen molar-refractivity contribution in [2.75, 3.05) is 18.4 Å². The second-order valence-electron chi connectivity index (χ2n) is 9.52. The van der Waals surface area contributed by atoms with E-state index < -0.39 is 6.09 Å². The van der Waals surface area contributed by atoms with Crippen LogP contribution in [0.2, 0.25) is 0 Å². The molecular formula is C28H28N6O4. The number of likely N-dealkylation sites (tertiary alicyclic amines) is 1. The molecule has 2 aliphatic rings. The van der Waals surface area contributed by atoms with E-state index in [4.69, 9.17) is 10.00 Å². The molecule has 2 N–H and O–H groups in total. The number of aromatic amines is 1. The lowest BCUT2D eigenvalue weighted by molar-refractivity contribution is -0.605. The van der Waals surface area contributed by atoms with Crippen molar-refractivity contribution in [3.05, 3.63) is 82.6 Å².